The summed E-state index contributed by atoms with van der Waals surface area (Å²) >= 11 is 13.4. The number of amides is 1. The molecule has 1 aliphatic rings. The van der Waals surface area contributed by atoms with Crippen molar-refractivity contribution in [3.8, 4) is 0 Å². The van der Waals surface area contributed by atoms with Crippen LogP contribution in [-0.2, 0) is 4.79 Å². The molecule has 0 radical (unpaired) electrons. The molecule has 3 nitrogen and oxygen atoms in total. The van der Waals surface area contributed by atoms with Crippen molar-refractivity contribution in [2.24, 2.45) is 0 Å². The van der Waals surface area contributed by atoms with Gasteiger partial charge in [-0.15, -0.1) is 11.3 Å². The van der Waals surface area contributed by atoms with Gasteiger partial charge in [0.1, 0.15) is 0 Å². The number of thiophene rings is 1. The number of hydrogen-bond acceptors (Lipinski definition) is 3. The van der Waals surface area contributed by atoms with Crippen molar-refractivity contribution in [3.05, 3.63) is 20.3 Å². The molecule has 2 heterocycles. The van der Waals surface area contributed by atoms with Gasteiger partial charge in [-0.05, 0) is 25.0 Å². The maximum atomic E-state index is 11.0. The van der Waals surface area contributed by atoms with Crippen LogP contribution in [0.4, 0.5) is 0 Å². The lowest BCUT2D eigenvalue weighted by molar-refractivity contribution is -0.122. The third kappa shape index (κ3) is 3.35. The molecule has 0 saturated carbocycles. The Hall–Kier alpha value is -0.290. The van der Waals surface area contributed by atoms with Gasteiger partial charge in [-0.3, -0.25) is 4.79 Å². The highest BCUT2D eigenvalue weighted by Gasteiger charge is 2.21. The topological polar surface area (TPSA) is 41.1 Å². The highest BCUT2D eigenvalue weighted by atomic mass is 35.5. The van der Waals surface area contributed by atoms with Crippen molar-refractivity contribution in [2.75, 3.05) is 6.54 Å². The summed E-state index contributed by atoms with van der Waals surface area (Å²) in [7, 11) is 0. The van der Waals surface area contributed by atoms with Crippen molar-refractivity contribution in [1.82, 2.24) is 10.6 Å². The fourth-order valence-electron chi connectivity index (χ4n) is 1.97. The van der Waals surface area contributed by atoms with E-state index in [1.54, 1.807) is 0 Å². The van der Waals surface area contributed by atoms with E-state index in [-0.39, 0.29) is 11.9 Å². The molecule has 2 N–H and O–H groups in total. The molecular weight excluding hydrogens is 279 g/mol. The van der Waals surface area contributed by atoms with Gasteiger partial charge in [0.05, 0.1) is 8.67 Å². The Labute approximate surface area is 114 Å². The SMILES string of the molecule is CC(NC1CCC(=O)NC1)c1cc(Cl)sc1Cl. The Bertz CT molecular complexity index is 412. The Balaban J connectivity index is 1.95. The van der Waals surface area contributed by atoms with Crippen LogP contribution in [0.15, 0.2) is 6.07 Å². The van der Waals surface area contributed by atoms with Crippen LogP contribution < -0.4 is 10.6 Å². The van der Waals surface area contributed by atoms with Crippen LogP contribution >= 0.6 is 34.5 Å². The second kappa shape index (κ2) is 5.57. The second-order valence-corrected chi connectivity index (χ2v) is 6.49. The first-order chi connectivity index (χ1) is 8.06. The van der Waals surface area contributed by atoms with E-state index in [0.29, 0.717) is 23.3 Å². The summed E-state index contributed by atoms with van der Waals surface area (Å²) in [6.45, 7) is 2.74. The molecular formula is C11H14Cl2N2OS. The number of piperidine rings is 1. The molecule has 1 aliphatic heterocycles. The first kappa shape index (κ1) is 13.1. The van der Waals surface area contributed by atoms with Gasteiger partial charge >= 0.3 is 0 Å². The predicted octanol–water partition coefficient (Wildman–Crippen LogP) is 2.98. The fourth-order valence-corrected chi connectivity index (χ4v) is 3.61. The Morgan fingerprint density at radius 2 is 2.35 bits per heavy atom. The molecule has 94 valence electrons. The summed E-state index contributed by atoms with van der Waals surface area (Å²) in [6, 6.07) is 2.34. The summed E-state index contributed by atoms with van der Waals surface area (Å²) in [5, 5.41) is 6.31. The molecule has 2 atom stereocenters. The lowest BCUT2D eigenvalue weighted by Crippen LogP contribution is -2.46. The van der Waals surface area contributed by atoms with E-state index >= 15 is 0 Å². The van der Waals surface area contributed by atoms with E-state index in [0.717, 1.165) is 16.3 Å². The first-order valence-electron chi connectivity index (χ1n) is 5.53. The van der Waals surface area contributed by atoms with Crippen LogP contribution in [0.5, 0.6) is 0 Å². The highest BCUT2D eigenvalue weighted by molar-refractivity contribution is 7.20. The highest BCUT2D eigenvalue weighted by Crippen LogP contribution is 2.35. The molecule has 0 spiro atoms. The van der Waals surface area contributed by atoms with Crippen molar-refractivity contribution in [1.29, 1.82) is 0 Å². The minimum atomic E-state index is 0.132. The van der Waals surface area contributed by atoms with E-state index in [1.165, 1.54) is 11.3 Å². The van der Waals surface area contributed by atoms with Gasteiger partial charge in [-0.25, -0.2) is 0 Å². The zero-order valence-electron chi connectivity index (χ0n) is 9.43. The van der Waals surface area contributed by atoms with Gasteiger partial charge in [-0.1, -0.05) is 23.2 Å². The van der Waals surface area contributed by atoms with Crippen LogP contribution in [0.25, 0.3) is 0 Å². The minimum Gasteiger partial charge on any atom is -0.355 e. The Morgan fingerprint density at radius 1 is 1.59 bits per heavy atom. The molecule has 1 saturated heterocycles. The lowest BCUT2D eigenvalue weighted by Gasteiger charge is -2.26. The zero-order chi connectivity index (χ0) is 12.4. The van der Waals surface area contributed by atoms with Gasteiger partial charge in [0.25, 0.3) is 0 Å². The zero-order valence-corrected chi connectivity index (χ0v) is 11.8. The van der Waals surface area contributed by atoms with Crippen LogP contribution in [0.2, 0.25) is 8.67 Å². The van der Waals surface area contributed by atoms with Crippen molar-refractivity contribution in [2.45, 2.75) is 31.8 Å². The van der Waals surface area contributed by atoms with E-state index in [1.807, 2.05) is 6.07 Å². The predicted molar refractivity (Wildman–Crippen MR) is 71.9 cm³/mol. The largest absolute Gasteiger partial charge is 0.355 e. The average molecular weight is 293 g/mol. The first-order valence-corrected chi connectivity index (χ1v) is 7.11. The van der Waals surface area contributed by atoms with Gasteiger partial charge in [0, 0.05) is 25.0 Å². The molecule has 1 fully saturated rings. The molecule has 0 aromatic carbocycles. The summed E-state index contributed by atoms with van der Waals surface area (Å²) < 4.78 is 1.44. The van der Waals surface area contributed by atoms with E-state index in [4.69, 9.17) is 23.2 Å². The van der Waals surface area contributed by atoms with Crippen LogP contribution in [-0.4, -0.2) is 18.5 Å². The number of nitrogens with one attached hydrogen (secondary N) is 2. The number of rotatable bonds is 3. The van der Waals surface area contributed by atoms with Gasteiger partial charge in [-0.2, -0.15) is 0 Å². The normalized spacial score (nSPS) is 22.3. The van der Waals surface area contributed by atoms with Gasteiger partial charge in [0.2, 0.25) is 5.91 Å². The lowest BCUT2D eigenvalue weighted by atomic mass is 10.0. The van der Waals surface area contributed by atoms with Gasteiger partial charge in [0.15, 0.2) is 0 Å². The number of carbonyl (C=O) groups is 1. The molecule has 2 unspecified atom stereocenters. The Morgan fingerprint density at radius 3 is 2.88 bits per heavy atom. The van der Waals surface area contributed by atoms with E-state index < -0.39 is 0 Å². The molecule has 6 heteroatoms. The second-order valence-electron chi connectivity index (χ2n) is 4.21. The minimum absolute atomic E-state index is 0.132. The summed E-state index contributed by atoms with van der Waals surface area (Å²) in [4.78, 5) is 11.0. The summed E-state index contributed by atoms with van der Waals surface area (Å²) in [6.07, 6.45) is 1.45. The molecule has 1 aromatic rings. The number of carbonyl (C=O) groups excluding carboxylic acids is 1. The van der Waals surface area contributed by atoms with E-state index in [2.05, 4.69) is 17.6 Å². The smallest absolute Gasteiger partial charge is 0.220 e. The fraction of sp³-hybridized carbons (Fsp3) is 0.545. The number of halogens is 2. The van der Waals surface area contributed by atoms with Gasteiger partial charge < -0.3 is 10.6 Å². The standard InChI is InChI=1S/C11H14Cl2N2OS/c1-6(8-4-9(12)17-11(8)13)15-7-2-3-10(16)14-5-7/h4,6-7,15H,2-3,5H2,1H3,(H,14,16). The molecule has 0 aliphatic carbocycles. The average Bonchev–Trinajstić information content (AvgIpc) is 2.61. The van der Waals surface area contributed by atoms with Crippen molar-refractivity contribution in [3.63, 3.8) is 0 Å². The summed E-state index contributed by atoms with van der Waals surface area (Å²) in [5.74, 6) is 0.132. The molecule has 1 aromatic heterocycles. The van der Waals surface area contributed by atoms with Crippen LogP contribution in [0.1, 0.15) is 31.4 Å². The Kier molecular flexibility index (Phi) is 4.31. The van der Waals surface area contributed by atoms with Crippen LogP contribution in [0.3, 0.4) is 0 Å². The molecule has 0 bridgehead atoms. The maximum absolute atomic E-state index is 11.0. The quantitative estimate of drug-likeness (QED) is 0.899. The van der Waals surface area contributed by atoms with Crippen molar-refractivity contribution < 1.29 is 4.79 Å². The summed E-state index contributed by atoms with van der Waals surface area (Å²) in [5.41, 5.74) is 1.03. The third-order valence-corrected chi connectivity index (χ3v) is 4.42. The third-order valence-electron chi connectivity index (χ3n) is 2.90. The molecule has 2 rings (SSSR count). The molecule has 17 heavy (non-hydrogen) atoms. The monoisotopic (exact) mass is 292 g/mol. The maximum Gasteiger partial charge on any atom is 0.220 e. The number of hydrogen-bond donors (Lipinski definition) is 2. The van der Waals surface area contributed by atoms with Crippen molar-refractivity contribution >= 4 is 40.4 Å². The molecule has 1 amide bonds. The van der Waals surface area contributed by atoms with Crippen LogP contribution in [0, 0.1) is 0 Å². The van der Waals surface area contributed by atoms with E-state index in [9.17, 15) is 4.79 Å².